The SMILES string of the molecule is O=C(Cc1c[nH]c2cc(Cl)ccc12)NC1CCN(C2CCCCC2O)CC1. The molecule has 0 radical (unpaired) electrons. The van der Waals surface area contributed by atoms with E-state index >= 15 is 0 Å². The van der Waals surface area contributed by atoms with E-state index in [9.17, 15) is 9.90 Å². The third-order valence-electron chi connectivity index (χ3n) is 6.14. The summed E-state index contributed by atoms with van der Waals surface area (Å²) in [6.07, 6.45) is 8.40. The lowest BCUT2D eigenvalue weighted by Gasteiger charge is -2.41. The molecular weight excluding hydrogens is 362 g/mol. The van der Waals surface area contributed by atoms with E-state index < -0.39 is 0 Å². The summed E-state index contributed by atoms with van der Waals surface area (Å²) >= 11 is 6.02. The number of nitrogens with zero attached hydrogens (tertiary/aromatic N) is 1. The maximum Gasteiger partial charge on any atom is 0.224 e. The Bertz CT molecular complexity index is 798. The van der Waals surface area contributed by atoms with Crippen molar-refractivity contribution in [1.29, 1.82) is 0 Å². The molecule has 146 valence electrons. The highest BCUT2D eigenvalue weighted by Gasteiger charge is 2.31. The maximum atomic E-state index is 12.5. The zero-order valence-corrected chi connectivity index (χ0v) is 16.3. The van der Waals surface area contributed by atoms with Crippen molar-refractivity contribution in [3.8, 4) is 0 Å². The number of amides is 1. The Morgan fingerprint density at radius 2 is 2.00 bits per heavy atom. The number of likely N-dealkylation sites (tertiary alicyclic amines) is 1. The highest BCUT2D eigenvalue weighted by Crippen LogP contribution is 2.26. The lowest BCUT2D eigenvalue weighted by Crippen LogP contribution is -2.52. The molecule has 6 heteroatoms. The zero-order chi connectivity index (χ0) is 18.8. The maximum absolute atomic E-state index is 12.5. The van der Waals surface area contributed by atoms with Crippen LogP contribution < -0.4 is 5.32 Å². The predicted molar refractivity (Wildman–Crippen MR) is 108 cm³/mol. The van der Waals surface area contributed by atoms with Crippen LogP contribution in [0.2, 0.25) is 5.02 Å². The Hall–Kier alpha value is -1.56. The van der Waals surface area contributed by atoms with Gasteiger partial charge in [-0.15, -0.1) is 0 Å². The van der Waals surface area contributed by atoms with Crippen LogP contribution >= 0.6 is 11.6 Å². The summed E-state index contributed by atoms with van der Waals surface area (Å²) in [5, 5.41) is 15.2. The first-order chi connectivity index (χ1) is 13.1. The molecule has 27 heavy (non-hydrogen) atoms. The number of carbonyl (C=O) groups is 1. The number of hydrogen-bond donors (Lipinski definition) is 3. The van der Waals surface area contributed by atoms with Gasteiger partial charge in [-0.1, -0.05) is 30.5 Å². The molecule has 3 N–H and O–H groups in total. The van der Waals surface area contributed by atoms with E-state index in [4.69, 9.17) is 11.6 Å². The van der Waals surface area contributed by atoms with E-state index in [1.165, 1.54) is 6.42 Å². The number of fused-ring (bicyclic) bond motifs is 1. The van der Waals surface area contributed by atoms with Gasteiger partial charge in [-0.25, -0.2) is 0 Å². The van der Waals surface area contributed by atoms with E-state index in [1.54, 1.807) is 0 Å². The molecule has 2 aromatic rings. The molecule has 1 saturated carbocycles. The van der Waals surface area contributed by atoms with Gasteiger partial charge in [0.1, 0.15) is 0 Å². The summed E-state index contributed by atoms with van der Waals surface area (Å²) in [5.74, 6) is 0.0713. The predicted octanol–water partition coefficient (Wildman–Crippen LogP) is 3.25. The first-order valence-electron chi connectivity index (χ1n) is 10.1. The molecule has 2 aliphatic rings. The van der Waals surface area contributed by atoms with Crippen LogP contribution in [-0.2, 0) is 11.2 Å². The van der Waals surface area contributed by atoms with Gasteiger partial charge in [0.05, 0.1) is 12.5 Å². The Morgan fingerprint density at radius 3 is 2.78 bits per heavy atom. The van der Waals surface area contributed by atoms with E-state index in [1.807, 2.05) is 24.4 Å². The fourth-order valence-corrected chi connectivity index (χ4v) is 4.82. The Morgan fingerprint density at radius 1 is 1.22 bits per heavy atom. The van der Waals surface area contributed by atoms with Gasteiger partial charge in [0.2, 0.25) is 5.91 Å². The molecule has 2 fully saturated rings. The summed E-state index contributed by atoms with van der Waals surface area (Å²) in [4.78, 5) is 18.1. The average Bonchev–Trinajstić information content (AvgIpc) is 3.04. The molecule has 1 aliphatic heterocycles. The quantitative estimate of drug-likeness (QED) is 0.751. The second kappa shape index (κ2) is 8.21. The molecule has 0 spiro atoms. The number of nitrogens with one attached hydrogen (secondary N) is 2. The molecule has 1 aliphatic carbocycles. The van der Waals surface area contributed by atoms with Crippen LogP contribution in [0.25, 0.3) is 10.9 Å². The van der Waals surface area contributed by atoms with Crippen LogP contribution in [0.5, 0.6) is 0 Å². The summed E-state index contributed by atoms with van der Waals surface area (Å²) in [6, 6.07) is 6.25. The number of aromatic nitrogens is 1. The standard InChI is InChI=1S/C21H28ClN3O2/c22-15-5-6-17-14(13-23-18(17)12-15)11-21(27)24-16-7-9-25(10-8-16)19-3-1-2-4-20(19)26/h5-6,12-13,16,19-20,23,26H,1-4,7-11H2,(H,24,27). The van der Waals surface area contributed by atoms with Gasteiger partial charge in [0.15, 0.2) is 0 Å². The van der Waals surface area contributed by atoms with Crippen molar-refractivity contribution in [3.63, 3.8) is 0 Å². The third-order valence-corrected chi connectivity index (χ3v) is 6.37. The third kappa shape index (κ3) is 4.31. The van der Waals surface area contributed by atoms with Crippen molar-refractivity contribution in [2.24, 2.45) is 0 Å². The van der Waals surface area contributed by atoms with Gasteiger partial charge in [-0.3, -0.25) is 9.69 Å². The van der Waals surface area contributed by atoms with Crippen LogP contribution in [0.3, 0.4) is 0 Å². The number of aromatic amines is 1. The summed E-state index contributed by atoms with van der Waals surface area (Å²) in [5.41, 5.74) is 1.96. The highest BCUT2D eigenvalue weighted by atomic mass is 35.5. The molecule has 2 heterocycles. The fraction of sp³-hybridized carbons (Fsp3) is 0.571. The van der Waals surface area contributed by atoms with Crippen LogP contribution in [0.15, 0.2) is 24.4 Å². The first-order valence-corrected chi connectivity index (χ1v) is 10.4. The number of hydrogen-bond acceptors (Lipinski definition) is 3. The number of halogens is 1. The van der Waals surface area contributed by atoms with Gasteiger partial charge in [-0.2, -0.15) is 0 Å². The van der Waals surface area contributed by atoms with Gasteiger partial charge in [0, 0.05) is 47.3 Å². The van der Waals surface area contributed by atoms with Gasteiger partial charge < -0.3 is 15.4 Å². The molecule has 1 amide bonds. The fourth-order valence-electron chi connectivity index (χ4n) is 4.65. The van der Waals surface area contributed by atoms with Crippen LogP contribution in [0.4, 0.5) is 0 Å². The number of benzene rings is 1. The molecule has 2 unspecified atom stereocenters. The van der Waals surface area contributed by atoms with Gasteiger partial charge in [-0.05, 0) is 43.4 Å². The Balaban J connectivity index is 1.29. The van der Waals surface area contributed by atoms with Crippen molar-refractivity contribution >= 4 is 28.4 Å². The molecule has 2 atom stereocenters. The molecule has 5 nitrogen and oxygen atoms in total. The van der Waals surface area contributed by atoms with Crippen molar-refractivity contribution in [2.45, 2.75) is 63.1 Å². The lowest BCUT2D eigenvalue weighted by molar-refractivity contribution is -0.121. The minimum atomic E-state index is -0.180. The van der Waals surface area contributed by atoms with Crippen molar-refractivity contribution in [3.05, 3.63) is 35.0 Å². The number of rotatable bonds is 4. The second-order valence-corrected chi connectivity index (χ2v) is 8.41. The van der Waals surface area contributed by atoms with Crippen LogP contribution in [-0.4, -0.2) is 52.2 Å². The molecule has 0 bridgehead atoms. The average molecular weight is 390 g/mol. The normalized spacial score (nSPS) is 25.0. The second-order valence-electron chi connectivity index (χ2n) is 7.98. The Labute approximate surface area is 165 Å². The van der Waals surface area contributed by atoms with E-state index in [0.717, 1.165) is 61.7 Å². The number of aliphatic hydroxyl groups is 1. The zero-order valence-electron chi connectivity index (χ0n) is 15.6. The molecule has 1 aromatic heterocycles. The highest BCUT2D eigenvalue weighted by molar-refractivity contribution is 6.31. The molecule has 4 rings (SSSR count). The molecule has 1 aromatic carbocycles. The van der Waals surface area contributed by atoms with E-state index in [2.05, 4.69) is 15.2 Å². The number of aliphatic hydroxyl groups excluding tert-OH is 1. The monoisotopic (exact) mass is 389 g/mol. The van der Waals surface area contributed by atoms with E-state index in [0.29, 0.717) is 17.5 Å². The number of carbonyl (C=O) groups excluding carboxylic acids is 1. The minimum Gasteiger partial charge on any atom is -0.391 e. The summed E-state index contributed by atoms with van der Waals surface area (Å²) in [6.45, 7) is 1.91. The smallest absolute Gasteiger partial charge is 0.224 e. The van der Waals surface area contributed by atoms with E-state index in [-0.39, 0.29) is 18.1 Å². The topological polar surface area (TPSA) is 68.4 Å². The summed E-state index contributed by atoms with van der Waals surface area (Å²) < 4.78 is 0. The largest absolute Gasteiger partial charge is 0.391 e. The van der Waals surface area contributed by atoms with Gasteiger partial charge >= 0.3 is 0 Å². The first kappa shape index (κ1) is 18.8. The van der Waals surface area contributed by atoms with Crippen molar-refractivity contribution in [1.82, 2.24) is 15.2 Å². The Kier molecular flexibility index (Phi) is 5.71. The van der Waals surface area contributed by atoms with Gasteiger partial charge in [0.25, 0.3) is 0 Å². The lowest BCUT2D eigenvalue weighted by atomic mass is 9.89. The molecule has 1 saturated heterocycles. The van der Waals surface area contributed by atoms with Crippen molar-refractivity contribution < 1.29 is 9.90 Å². The van der Waals surface area contributed by atoms with Crippen LogP contribution in [0.1, 0.15) is 44.1 Å². The number of H-pyrrole nitrogens is 1. The van der Waals surface area contributed by atoms with Crippen LogP contribution in [0, 0.1) is 0 Å². The molecular formula is C21H28ClN3O2. The summed E-state index contributed by atoms with van der Waals surface area (Å²) in [7, 11) is 0. The number of piperidine rings is 1. The minimum absolute atomic E-state index is 0.0713. The van der Waals surface area contributed by atoms with Crippen molar-refractivity contribution in [2.75, 3.05) is 13.1 Å².